The van der Waals surface area contributed by atoms with Crippen LogP contribution in [0.25, 0.3) is 10.9 Å². The topological polar surface area (TPSA) is 74.3 Å². The molecular formula is C22H24N2O3. The number of carbonyl (C=O) groups is 2. The minimum atomic E-state index is -0.544. The molecule has 1 aromatic heterocycles. The summed E-state index contributed by atoms with van der Waals surface area (Å²) in [4.78, 5) is 24.8. The summed E-state index contributed by atoms with van der Waals surface area (Å²) in [6.07, 6.45) is 0. The average molecular weight is 364 g/mol. The largest absolute Gasteiger partial charge is 0.483 e. The summed E-state index contributed by atoms with van der Waals surface area (Å²) in [7, 11) is 0. The lowest BCUT2D eigenvalue weighted by molar-refractivity contribution is 0.0840. The number of nitrogens with zero attached hydrogens (tertiary/aromatic N) is 1. The Balaban J connectivity index is 1.96. The van der Waals surface area contributed by atoms with Crippen molar-refractivity contribution in [3.63, 3.8) is 0 Å². The fraction of sp³-hybridized carbons (Fsp3) is 0.273. The van der Waals surface area contributed by atoms with Gasteiger partial charge in [0, 0.05) is 11.1 Å². The molecule has 3 rings (SSSR count). The molecule has 0 saturated heterocycles. The Kier molecular flexibility index (Phi) is 5.04. The maximum Gasteiger partial charge on any atom is 0.269 e. The predicted molar refractivity (Wildman–Crippen MR) is 107 cm³/mol. The van der Waals surface area contributed by atoms with Gasteiger partial charge in [0.05, 0.1) is 11.1 Å². The molecule has 0 aliphatic rings. The van der Waals surface area contributed by atoms with Crippen molar-refractivity contribution in [2.75, 3.05) is 6.61 Å². The third-order valence-corrected chi connectivity index (χ3v) is 4.75. The van der Waals surface area contributed by atoms with E-state index in [0.29, 0.717) is 27.9 Å². The zero-order valence-electron chi connectivity index (χ0n) is 16.1. The first-order chi connectivity index (χ1) is 12.8. The SMILES string of the molecule is Cc1ccc(C(C)C)c(OCC(=O)n2c(C)c(C(N)=O)c3ccccc32)c1. The van der Waals surface area contributed by atoms with E-state index in [4.69, 9.17) is 10.5 Å². The van der Waals surface area contributed by atoms with E-state index in [1.54, 1.807) is 19.1 Å². The Hall–Kier alpha value is -3.08. The summed E-state index contributed by atoms with van der Waals surface area (Å²) in [6.45, 7) is 7.76. The van der Waals surface area contributed by atoms with E-state index >= 15 is 0 Å². The van der Waals surface area contributed by atoms with E-state index in [1.807, 2.05) is 37.3 Å². The molecule has 5 heteroatoms. The molecule has 1 heterocycles. The molecule has 3 aromatic rings. The number of ether oxygens (including phenoxy) is 1. The van der Waals surface area contributed by atoms with Crippen LogP contribution in [0.2, 0.25) is 0 Å². The number of rotatable bonds is 5. The first-order valence-corrected chi connectivity index (χ1v) is 8.97. The van der Waals surface area contributed by atoms with Crippen LogP contribution in [-0.2, 0) is 0 Å². The maximum atomic E-state index is 12.9. The van der Waals surface area contributed by atoms with Gasteiger partial charge in [-0.15, -0.1) is 0 Å². The van der Waals surface area contributed by atoms with Crippen LogP contribution in [0.3, 0.4) is 0 Å². The number of primary amides is 1. The lowest BCUT2D eigenvalue weighted by Crippen LogP contribution is -2.22. The predicted octanol–water partition coefficient (Wildman–Crippen LogP) is 4.20. The van der Waals surface area contributed by atoms with Gasteiger partial charge in [0.2, 0.25) is 0 Å². The Labute approximate surface area is 158 Å². The molecule has 5 nitrogen and oxygen atoms in total. The number of nitrogens with two attached hydrogens (primary N) is 1. The summed E-state index contributed by atoms with van der Waals surface area (Å²) in [6, 6.07) is 13.3. The number of para-hydroxylation sites is 1. The van der Waals surface area contributed by atoms with Gasteiger partial charge in [-0.25, -0.2) is 0 Å². The van der Waals surface area contributed by atoms with Crippen molar-refractivity contribution in [2.45, 2.75) is 33.6 Å². The number of benzene rings is 2. The van der Waals surface area contributed by atoms with Crippen LogP contribution >= 0.6 is 0 Å². The quantitative estimate of drug-likeness (QED) is 0.737. The number of hydrogen-bond acceptors (Lipinski definition) is 3. The molecule has 0 atom stereocenters. The molecule has 2 aromatic carbocycles. The van der Waals surface area contributed by atoms with E-state index in [9.17, 15) is 9.59 Å². The number of carbonyl (C=O) groups excluding carboxylic acids is 2. The molecule has 0 saturated carbocycles. The van der Waals surface area contributed by atoms with Gasteiger partial charge >= 0.3 is 0 Å². The lowest BCUT2D eigenvalue weighted by Gasteiger charge is -2.15. The Morgan fingerprint density at radius 1 is 1.11 bits per heavy atom. The molecule has 0 aliphatic carbocycles. The van der Waals surface area contributed by atoms with E-state index in [2.05, 4.69) is 13.8 Å². The minimum absolute atomic E-state index is 0.124. The van der Waals surface area contributed by atoms with Gasteiger partial charge in [-0.3, -0.25) is 14.2 Å². The molecule has 2 N–H and O–H groups in total. The van der Waals surface area contributed by atoms with Gasteiger partial charge < -0.3 is 10.5 Å². The molecule has 1 amide bonds. The molecule has 0 fully saturated rings. The number of aromatic nitrogens is 1. The highest BCUT2D eigenvalue weighted by atomic mass is 16.5. The normalized spacial score (nSPS) is 11.1. The van der Waals surface area contributed by atoms with Crippen LogP contribution in [0.4, 0.5) is 0 Å². The van der Waals surface area contributed by atoms with Crippen LogP contribution in [0.1, 0.15) is 51.7 Å². The van der Waals surface area contributed by atoms with Crippen LogP contribution in [0.5, 0.6) is 5.75 Å². The molecular weight excluding hydrogens is 340 g/mol. The lowest BCUT2D eigenvalue weighted by atomic mass is 10.0. The van der Waals surface area contributed by atoms with Gasteiger partial charge in [0.1, 0.15) is 5.75 Å². The van der Waals surface area contributed by atoms with E-state index in [-0.39, 0.29) is 18.4 Å². The molecule has 0 radical (unpaired) electrons. The van der Waals surface area contributed by atoms with Crippen LogP contribution in [0, 0.1) is 13.8 Å². The fourth-order valence-electron chi connectivity index (χ4n) is 3.45. The van der Waals surface area contributed by atoms with Crippen molar-refractivity contribution in [1.29, 1.82) is 0 Å². The first-order valence-electron chi connectivity index (χ1n) is 8.97. The highest BCUT2D eigenvalue weighted by molar-refractivity contribution is 6.10. The number of fused-ring (bicyclic) bond motifs is 1. The Morgan fingerprint density at radius 2 is 1.81 bits per heavy atom. The minimum Gasteiger partial charge on any atom is -0.483 e. The summed E-state index contributed by atoms with van der Waals surface area (Å²) >= 11 is 0. The highest BCUT2D eigenvalue weighted by Gasteiger charge is 2.22. The Morgan fingerprint density at radius 3 is 2.48 bits per heavy atom. The number of aryl methyl sites for hydroxylation is 1. The van der Waals surface area contributed by atoms with Crippen molar-refractivity contribution in [1.82, 2.24) is 4.57 Å². The van der Waals surface area contributed by atoms with E-state index in [1.165, 1.54) is 4.57 Å². The zero-order valence-corrected chi connectivity index (χ0v) is 16.1. The second kappa shape index (κ2) is 7.27. The van der Waals surface area contributed by atoms with Gasteiger partial charge in [-0.05, 0) is 43.0 Å². The van der Waals surface area contributed by atoms with Crippen molar-refractivity contribution in [2.24, 2.45) is 5.73 Å². The monoisotopic (exact) mass is 364 g/mol. The third kappa shape index (κ3) is 3.45. The fourth-order valence-corrected chi connectivity index (χ4v) is 3.45. The van der Waals surface area contributed by atoms with Crippen molar-refractivity contribution < 1.29 is 14.3 Å². The van der Waals surface area contributed by atoms with Gasteiger partial charge in [-0.2, -0.15) is 0 Å². The first kappa shape index (κ1) is 18.7. The molecule has 0 bridgehead atoms. The van der Waals surface area contributed by atoms with Crippen LogP contribution in [0.15, 0.2) is 42.5 Å². The van der Waals surface area contributed by atoms with Crippen LogP contribution < -0.4 is 10.5 Å². The second-order valence-corrected chi connectivity index (χ2v) is 7.06. The summed E-state index contributed by atoms with van der Waals surface area (Å²) in [5.74, 6) is 0.207. The van der Waals surface area contributed by atoms with Crippen LogP contribution in [-0.4, -0.2) is 23.0 Å². The summed E-state index contributed by atoms with van der Waals surface area (Å²) < 4.78 is 7.40. The molecule has 0 aliphatic heterocycles. The Bertz CT molecular complexity index is 1030. The smallest absolute Gasteiger partial charge is 0.269 e. The maximum absolute atomic E-state index is 12.9. The van der Waals surface area contributed by atoms with E-state index < -0.39 is 5.91 Å². The second-order valence-electron chi connectivity index (χ2n) is 7.06. The molecule has 27 heavy (non-hydrogen) atoms. The van der Waals surface area contributed by atoms with Gasteiger partial charge in [0.25, 0.3) is 11.8 Å². The summed E-state index contributed by atoms with van der Waals surface area (Å²) in [5.41, 5.74) is 9.22. The highest BCUT2D eigenvalue weighted by Crippen LogP contribution is 2.28. The standard InChI is InChI=1S/C22H24N2O3/c1-13(2)16-10-9-14(3)11-19(16)27-12-20(25)24-15(4)21(22(23)26)17-7-5-6-8-18(17)24/h5-11,13H,12H2,1-4H3,(H2,23,26). The van der Waals surface area contributed by atoms with E-state index in [0.717, 1.165) is 11.1 Å². The van der Waals surface area contributed by atoms with Crippen molar-refractivity contribution in [3.05, 3.63) is 64.8 Å². The number of amides is 1. The van der Waals surface area contributed by atoms with Crippen molar-refractivity contribution >= 4 is 22.7 Å². The number of hydrogen-bond donors (Lipinski definition) is 1. The van der Waals surface area contributed by atoms with Gasteiger partial charge in [0.15, 0.2) is 6.61 Å². The third-order valence-electron chi connectivity index (χ3n) is 4.75. The summed E-state index contributed by atoms with van der Waals surface area (Å²) in [5, 5.41) is 0.675. The molecule has 140 valence electrons. The zero-order chi connectivity index (χ0) is 19.7. The molecule has 0 spiro atoms. The van der Waals surface area contributed by atoms with Gasteiger partial charge in [-0.1, -0.05) is 44.2 Å². The molecule has 0 unspecified atom stereocenters. The van der Waals surface area contributed by atoms with Crippen molar-refractivity contribution in [3.8, 4) is 5.75 Å². The average Bonchev–Trinajstić information content (AvgIpc) is 2.91.